The number of fused-ring (bicyclic) bond motifs is 3. The predicted molar refractivity (Wildman–Crippen MR) is 122 cm³/mol. The van der Waals surface area contributed by atoms with Crippen molar-refractivity contribution < 1.29 is 9.53 Å². The van der Waals surface area contributed by atoms with Gasteiger partial charge in [-0.1, -0.05) is 23.5 Å². The van der Waals surface area contributed by atoms with Gasteiger partial charge >= 0.3 is 5.97 Å². The number of methoxy groups -OCH3 is 1. The number of ether oxygens (including phenoxy) is 1. The topological polar surface area (TPSA) is 65.6 Å². The minimum absolute atomic E-state index is 0.0547. The molecule has 0 N–H and O–H groups in total. The molecule has 0 amide bonds. The molecule has 0 unspecified atom stereocenters. The van der Waals surface area contributed by atoms with Gasteiger partial charge in [0.15, 0.2) is 4.96 Å². The molecule has 31 heavy (non-hydrogen) atoms. The van der Waals surface area contributed by atoms with Gasteiger partial charge in [0.2, 0.25) is 0 Å². The number of thiazole rings is 1. The van der Waals surface area contributed by atoms with Crippen LogP contribution in [0, 0.1) is 13.8 Å². The molecular formula is C24H19N3O3S. The predicted octanol–water partition coefficient (Wildman–Crippen LogP) is 3.65. The van der Waals surface area contributed by atoms with Crippen LogP contribution in [0.25, 0.3) is 27.8 Å². The van der Waals surface area contributed by atoms with Gasteiger partial charge < -0.3 is 9.30 Å². The first-order valence-corrected chi connectivity index (χ1v) is 10.6. The Hall–Kier alpha value is -3.71. The summed E-state index contributed by atoms with van der Waals surface area (Å²) < 4.78 is 9.20. The number of hydrogen-bond acceptors (Lipinski definition) is 5. The largest absolute Gasteiger partial charge is 0.465 e. The standard InChI is InChI=1S/C24H19N3O3S/c1-14-12-17(15(2)26(14)18-10-8-16(9-11-18)23(29)30-3)13-21-22(28)27-20-7-5-4-6-19(20)25-24(27)31-21/h4-13H,1-3H3/b21-13+. The number of imidazole rings is 1. The minimum Gasteiger partial charge on any atom is -0.465 e. The Morgan fingerprint density at radius 3 is 2.58 bits per heavy atom. The summed E-state index contributed by atoms with van der Waals surface area (Å²) in [7, 11) is 1.37. The van der Waals surface area contributed by atoms with E-state index in [0.29, 0.717) is 15.1 Å². The van der Waals surface area contributed by atoms with Crippen molar-refractivity contribution in [1.29, 1.82) is 0 Å². The number of benzene rings is 2. The first kappa shape index (κ1) is 19.3. The summed E-state index contributed by atoms with van der Waals surface area (Å²) in [6, 6.07) is 17.0. The lowest BCUT2D eigenvalue weighted by molar-refractivity contribution is 0.0600. The number of carbonyl (C=O) groups is 1. The molecule has 0 spiro atoms. The molecule has 0 aliphatic heterocycles. The van der Waals surface area contributed by atoms with Gasteiger partial charge in [0.1, 0.15) is 0 Å². The van der Waals surface area contributed by atoms with Crippen LogP contribution in [0.3, 0.4) is 0 Å². The number of esters is 1. The van der Waals surface area contributed by atoms with Crippen molar-refractivity contribution >= 4 is 39.4 Å². The number of para-hydroxylation sites is 2. The van der Waals surface area contributed by atoms with Crippen molar-refractivity contribution in [3.05, 3.63) is 92.0 Å². The molecule has 0 saturated heterocycles. The Bertz CT molecular complexity index is 1570. The second-order valence-corrected chi connectivity index (χ2v) is 8.34. The Morgan fingerprint density at radius 2 is 1.84 bits per heavy atom. The van der Waals surface area contributed by atoms with Crippen LogP contribution in [0.1, 0.15) is 27.3 Å². The van der Waals surface area contributed by atoms with Crippen molar-refractivity contribution in [1.82, 2.24) is 14.0 Å². The van der Waals surface area contributed by atoms with Gasteiger partial charge in [0.05, 0.1) is 28.2 Å². The fourth-order valence-electron chi connectivity index (χ4n) is 3.95. The summed E-state index contributed by atoms with van der Waals surface area (Å²) in [6.45, 7) is 4.04. The summed E-state index contributed by atoms with van der Waals surface area (Å²) >= 11 is 1.39. The number of carbonyl (C=O) groups excluding carboxylic acids is 1. The highest BCUT2D eigenvalue weighted by molar-refractivity contribution is 7.15. The van der Waals surface area contributed by atoms with Crippen molar-refractivity contribution in [2.45, 2.75) is 13.8 Å². The lowest BCUT2D eigenvalue weighted by Crippen LogP contribution is -2.22. The highest BCUT2D eigenvalue weighted by Crippen LogP contribution is 2.22. The van der Waals surface area contributed by atoms with Crippen LogP contribution in [0.15, 0.2) is 59.4 Å². The first-order valence-electron chi connectivity index (χ1n) is 9.77. The molecule has 0 fully saturated rings. The highest BCUT2D eigenvalue weighted by atomic mass is 32.1. The lowest BCUT2D eigenvalue weighted by atomic mass is 10.2. The smallest absolute Gasteiger partial charge is 0.337 e. The van der Waals surface area contributed by atoms with Gasteiger partial charge in [-0.25, -0.2) is 14.2 Å². The van der Waals surface area contributed by atoms with E-state index in [2.05, 4.69) is 15.6 Å². The second kappa shape index (κ2) is 7.21. The summed E-state index contributed by atoms with van der Waals surface area (Å²) in [5.41, 5.74) is 6.07. The molecule has 5 aromatic rings. The summed E-state index contributed by atoms with van der Waals surface area (Å²) in [4.78, 5) is 30.0. The molecule has 3 aromatic heterocycles. The maximum atomic E-state index is 13.1. The Labute approximate surface area is 181 Å². The average Bonchev–Trinajstić information content (AvgIpc) is 3.38. The molecule has 7 heteroatoms. The van der Waals surface area contributed by atoms with Crippen LogP contribution < -0.4 is 10.1 Å². The highest BCUT2D eigenvalue weighted by Gasteiger charge is 2.14. The monoisotopic (exact) mass is 429 g/mol. The van der Waals surface area contributed by atoms with Crippen LogP contribution in [0.4, 0.5) is 0 Å². The van der Waals surface area contributed by atoms with Crippen LogP contribution in [0.2, 0.25) is 0 Å². The van der Waals surface area contributed by atoms with Gasteiger partial charge in [-0.05, 0) is 68.0 Å². The third-order valence-electron chi connectivity index (χ3n) is 5.45. The van der Waals surface area contributed by atoms with E-state index in [9.17, 15) is 9.59 Å². The van der Waals surface area contributed by atoms with Crippen LogP contribution in [-0.4, -0.2) is 27.0 Å². The fraction of sp³-hybridized carbons (Fsp3) is 0.125. The Morgan fingerprint density at radius 1 is 1.10 bits per heavy atom. The zero-order chi connectivity index (χ0) is 21.7. The molecule has 0 radical (unpaired) electrons. The molecule has 0 saturated carbocycles. The second-order valence-electron chi connectivity index (χ2n) is 7.33. The van der Waals surface area contributed by atoms with Gasteiger partial charge in [0.25, 0.3) is 5.56 Å². The number of hydrogen-bond donors (Lipinski definition) is 0. The summed E-state index contributed by atoms with van der Waals surface area (Å²) in [6.07, 6.45) is 1.93. The zero-order valence-corrected chi connectivity index (χ0v) is 18.1. The Kier molecular flexibility index (Phi) is 4.48. The number of nitrogens with zero attached hydrogens (tertiary/aromatic N) is 3. The maximum Gasteiger partial charge on any atom is 0.337 e. The van der Waals surface area contributed by atoms with Gasteiger partial charge in [-0.15, -0.1) is 0 Å². The van der Waals surface area contributed by atoms with Gasteiger partial charge in [-0.2, -0.15) is 0 Å². The van der Waals surface area contributed by atoms with Crippen LogP contribution >= 0.6 is 11.3 Å². The molecule has 0 bridgehead atoms. The van der Waals surface area contributed by atoms with Crippen molar-refractivity contribution in [3.8, 4) is 5.69 Å². The summed E-state index contributed by atoms with van der Waals surface area (Å²) in [5.74, 6) is -0.361. The molecule has 0 atom stereocenters. The molecule has 6 nitrogen and oxygen atoms in total. The van der Waals surface area contributed by atoms with E-state index < -0.39 is 0 Å². The number of aryl methyl sites for hydroxylation is 1. The lowest BCUT2D eigenvalue weighted by Gasteiger charge is -2.10. The quantitative estimate of drug-likeness (QED) is 0.411. The van der Waals surface area contributed by atoms with E-state index in [1.807, 2.05) is 56.3 Å². The van der Waals surface area contributed by atoms with E-state index in [0.717, 1.165) is 33.7 Å². The first-order chi connectivity index (χ1) is 15.0. The van der Waals surface area contributed by atoms with E-state index in [1.54, 1.807) is 16.5 Å². The molecule has 5 rings (SSSR count). The molecule has 0 aliphatic rings. The van der Waals surface area contributed by atoms with Gasteiger partial charge in [-0.3, -0.25) is 4.79 Å². The normalized spacial score (nSPS) is 12.2. The van der Waals surface area contributed by atoms with Gasteiger partial charge in [0, 0.05) is 17.1 Å². The third-order valence-corrected chi connectivity index (χ3v) is 6.42. The molecule has 0 aliphatic carbocycles. The van der Waals surface area contributed by atoms with E-state index in [-0.39, 0.29) is 11.5 Å². The van der Waals surface area contributed by atoms with Crippen LogP contribution in [0.5, 0.6) is 0 Å². The average molecular weight is 430 g/mol. The van der Waals surface area contributed by atoms with E-state index in [4.69, 9.17) is 4.74 Å². The fourth-order valence-corrected chi connectivity index (χ4v) is 4.93. The van der Waals surface area contributed by atoms with E-state index >= 15 is 0 Å². The van der Waals surface area contributed by atoms with Crippen molar-refractivity contribution in [3.63, 3.8) is 0 Å². The molecule has 154 valence electrons. The van der Waals surface area contributed by atoms with Crippen molar-refractivity contribution in [2.75, 3.05) is 7.11 Å². The summed E-state index contributed by atoms with van der Waals surface area (Å²) in [5, 5.41) is 0. The third kappa shape index (κ3) is 3.05. The Balaban J connectivity index is 1.61. The van der Waals surface area contributed by atoms with Crippen molar-refractivity contribution in [2.24, 2.45) is 0 Å². The van der Waals surface area contributed by atoms with E-state index in [1.165, 1.54) is 18.4 Å². The maximum absolute atomic E-state index is 13.1. The number of rotatable bonds is 3. The van der Waals surface area contributed by atoms with Crippen LogP contribution in [-0.2, 0) is 4.74 Å². The molecular weight excluding hydrogens is 410 g/mol. The molecule has 2 aromatic carbocycles. The number of aromatic nitrogens is 3. The molecule has 3 heterocycles. The minimum atomic E-state index is -0.361. The SMILES string of the molecule is COC(=O)c1ccc(-n2c(C)cc(/C=c3/sc4nc5ccccc5n4c3=O)c2C)cc1. The zero-order valence-electron chi connectivity index (χ0n) is 17.2.